The van der Waals surface area contributed by atoms with Crippen LogP contribution in [0.3, 0.4) is 0 Å². The first-order chi connectivity index (χ1) is 9.71. The van der Waals surface area contributed by atoms with Crippen molar-refractivity contribution in [2.24, 2.45) is 0 Å². The molecule has 0 radical (unpaired) electrons. The van der Waals surface area contributed by atoms with E-state index >= 15 is 0 Å². The largest absolute Gasteiger partial charge is 0.435 e. The highest BCUT2D eigenvalue weighted by Gasteiger charge is 2.73. The van der Waals surface area contributed by atoms with E-state index in [1.165, 1.54) is 0 Å². The molecule has 124 valence electrons. The zero-order valence-corrected chi connectivity index (χ0v) is 12.0. The number of hydrogen-bond donors (Lipinski definition) is 1. The van der Waals surface area contributed by atoms with Crippen LogP contribution < -0.4 is 5.32 Å². The maximum atomic E-state index is 13.8. The fourth-order valence-corrected chi connectivity index (χ4v) is 2.14. The predicted molar refractivity (Wildman–Crippen MR) is 65.7 cm³/mol. The van der Waals surface area contributed by atoms with Gasteiger partial charge in [-0.05, 0) is 12.1 Å². The molecule has 0 atom stereocenters. The number of alkyl halides is 7. The Bertz CT molecular complexity index is 560. The van der Waals surface area contributed by atoms with Gasteiger partial charge in [-0.2, -0.15) is 26.3 Å². The minimum atomic E-state index is -6.28. The lowest BCUT2D eigenvalue weighted by Crippen LogP contribution is -2.50. The smallest absolute Gasteiger partial charge is 0.324 e. The lowest BCUT2D eigenvalue weighted by molar-refractivity contribution is -0.348. The molecule has 2 nitrogen and oxygen atoms in total. The molecule has 11 heteroatoms. The maximum Gasteiger partial charge on any atom is 0.435 e. The monoisotopic (exact) mass is 371 g/mol. The fraction of sp³-hybridized carbons (Fsp3) is 0.364. The molecule has 0 aliphatic carbocycles. The number of benzene rings is 1. The Morgan fingerprint density at radius 3 is 1.59 bits per heavy atom. The van der Waals surface area contributed by atoms with Gasteiger partial charge in [0.05, 0.1) is 15.7 Å². The molecule has 0 saturated heterocycles. The van der Waals surface area contributed by atoms with Gasteiger partial charge in [-0.1, -0.05) is 23.2 Å². The molecule has 0 spiro atoms. The van der Waals surface area contributed by atoms with Gasteiger partial charge in [0.15, 0.2) is 0 Å². The summed E-state index contributed by atoms with van der Waals surface area (Å²) in [6, 6.07) is 0.222. The summed E-state index contributed by atoms with van der Waals surface area (Å²) in [7, 11) is 0. The lowest BCUT2D eigenvalue weighted by atomic mass is 9.94. The second-order valence-electron chi connectivity index (χ2n) is 4.15. The van der Waals surface area contributed by atoms with E-state index in [2.05, 4.69) is 0 Å². The molecule has 0 aliphatic rings. The van der Waals surface area contributed by atoms with Gasteiger partial charge >= 0.3 is 18.0 Å². The minimum absolute atomic E-state index is 0.111. The molecule has 1 rings (SSSR count). The standard InChI is InChI=1S/C11H6Cl2F7NO/c1-4(22)21-8-6(12)2-5(3-7(8)13)9(14,10(15,16)17)11(18,19)20/h2-3H,1H3,(H,21,22). The Hall–Kier alpha value is -1.22. The van der Waals surface area contributed by atoms with Gasteiger partial charge < -0.3 is 5.32 Å². The number of carbonyl (C=O) groups is 1. The predicted octanol–water partition coefficient (Wildman–Crippen LogP) is 5.24. The highest BCUT2D eigenvalue weighted by Crippen LogP contribution is 2.54. The quantitative estimate of drug-likeness (QED) is 0.707. The van der Waals surface area contributed by atoms with Gasteiger partial charge in [-0.3, -0.25) is 4.79 Å². The van der Waals surface area contributed by atoms with Crippen LogP contribution in [0.5, 0.6) is 0 Å². The van der Waals surface area contributed by atoms with E-state index in [1.54, 1.807) is 0 Å². The average Bonchev–Trinajstić information content (AvgIpc) is 2.29. The third-order valence-corrected chi connectivity index (χ3v) is 3.12. The van der Waals surface area contributed by atoms with Crippen LogP contribution in [0.1, 0.15) is 12.5 Å². The molecule has 0 aliphatic heterocycles. The Kier molecular flexibility index (Phi) is 4.94. The highest BCUT2D eigenvalue weighted by atomic mass is 35.5. The average molecular weight is 372 g/mol. The van der Waals surface area contributed by atoms with E-state index in [1.807, 2.05) is 5.32 Å². The van der Waals surface area contributed by atoms with Crippen LogP contribution in [-0.2, 0) is 10.5 Å². The van der Waals surface area contributed by atoms with E-state index in [-0.39, 0.29) is 12.1 Å². The summed E-state index contributed by atoms with van der Waals surface area (Å²) in [6.07, 6.45) is -12.6. The van der Waals surface area contributed by atoms with Crippen LogP contribution in [0.25, 0.3) is 0 Å². The van der Waals surface area contributed by atoms with Crippen molar-refractivity contribution in [2.45, 2.75) is 24.9 Å². The fourth-order valence-electron chi connectivity index (χ4n) is 1.56. The normalized spacial score (nSPS) is 13.2. The van der Waals surface area contributed by atoms with Crippen LogP contribution in [0.2, 0.25) is 10.0 Å². The summed E-state index contributed by atoms with van der Waals surface area (Å²) in [4.78, 5) is 10.9. The molecule has 1 aromatic rings. The number of anilines is 1. The number of rotatable bonds is 2. The van der Waals surface area contributed by atoms with E-state index < -0.39 is 45.2 Å². The molecule has 0 fully saturated rings. The Morgan fingerprint density at radius 1 is 0.955 bits per heavy atom. The SMILES string of the molecule is CC(=O)Nc1c(Cl)cc(C(F)(C(F)(F)F)C(F)(F)F)cc1Cl. The van der Waals surface area contributed by atoms with E-state index in [9.17, 15) is 35.5 Å². The Morgan fingerprint density at radius 2 is 1.32 bits per heavy atom. The number of nitrogens with one attached hydrogen (secondary N) is 1. The van der Waals surface area contributed by atoms with Crippen LogP contribution >= 0.6 is 23.2 Å². The van der Waals surface area contributed by atoms with E-state index in [0.29, 0.717) is 0 Å². The maximum absolute atomic E-state index is 13.8. The molecule has 0 saturated carbocycles. The van der Waals surface area contributed by atoms with Gasteiger partial charge in [-0.15, -0.1) is 0 Å². The summed E-state index contributed by atoms with van der Waals surface area (Å²) >= 11 is 11.0. The first-order valence-electron chi connectivity index (χ1n) is 5.31. The highest BCUT2D eigenvalue weighted by molar-refractivity contribution is 6.39. The molecule has 22 heavy (non-hydrogen) atoms. The molecule has 0 heterocycles. The molecule has 1 N–H and O–H groups in total. The van der Waals surface area contributed by atoms with Gasteiger partial charge in [0.1, 0.15) is 0 Å². The molecule has 0 aromatic heterocycles. The number of carbonyl (C=O) groups excluding carboxylic acids is 1. The summed E-state index contributed by atoms with van der Waals surface area (Å²) in [5.74, 6) is -0.727. The number of amides is 1. The summed E-state index contributed by atoms with van der Waals surface area (Å²) in [5.41, 5.74) is -7.91. The summed E-state index contributed by atoms with van der Waals surface area (Å²) in [6.45, 7) is 1.01. The van der Waals surface area contributed by atoms with Crippen molar-refractivity contribution in [3.05, 3.63) is 27.7 Å². The molecule has 1 amide bonds. The molecular weight excluding hydrogens is 366 g/mol. The molecular formula is C11H6Cl2F7NO. The zero-order chi connectivity index (χ0) is 17.5. The van der Waals surface area contributed by atoms with Gasteiger partial charge in [0.2, 0.25) is 5.91 Å². The van der Waals surface area contributed by atoms with Crippen molar-refractivity contribution in [3.8, 4) is 0 Å². The van der Waals surface area contributed by atoms with Crippen molar-refractivity contribution in [1.82, 2.24) is 0 Å². The summed E-state index contributed by atoms with van der Waals surface area (Å²) in [5, 5.41) is 0.469. The van der Waals surface area contributed by atoms with Crippen LogP contribution in [0.4, 0.5) is 36.4 Å². The third kappa shape index (κ3) is 3.24. The van der Waals surface area contributed by atoms with Crippen LogP contribution in [0.15, 0.2) is 12.1 Å². The number of hydrogen-bond acceptors (Lipinski definition) is 1. The first-order valence-corrected chi connectivity index (χ1v) is 6.07. The van der Waals surface area contributed by atoms with Crippen molar-refractivity contribution < 1.29 is 35.5 Å². The first kappa shape index (κ1) is 18.8. The molecule has 1 aromatic carbocycles. The molecule has 0 bridgehead atoms. The van der Waals surface area contributed by atoms with Crippen molar-refractivity contribution >= 4 is 34.8 Å². The van der Waals surface area contributed by atoms with Gasteiger partial charge in [0.25, 0.3) is 0 Å². The zero-order valence-electron chi connectivity index (χ0n) is 10.5. The van der Waals surface area contributed by atoms with Crippen molar-refractivity contribution in [1.29, 1.82) is 0 Å². The number of halogens is 9. The lowest BCUT2D eigenvalue weighted by Gasteiger charge is -2.30. The summed E-state index contributed by atoms with van der Waals surface area (Å²) < 4.78 is 89.5. The van der Waals surface area contributed by atoms with E-state index in [4.69, 9.17) is 23.2 Å². The van der Waals surface area contributed by atoms with Crippen molar-refractivity contribution in [3.63, 3.8) is 0 Å². The second kappa shape index (κ2) is 5.77. The van der Waals surface area contributed by atoms with Gasteiger partial charge in [0, 0.05) is 12.5 Å². The van der Waals surface area contributed by atoms with Crippen molar-refractivity contribution in [2.75, 3.05) is 5.32 Å². The van der Waals surface area contributed by atoms with Gasteiger partial charge in [-0.25, -0.2) is 4.39 Å². The third-order valence-electron chi connectivity index (χ3n) is 2.52. The Labute approximate surface area is 129 Å². The van der Waals surface area contributed by atoms with Crippen LogP contribution in [0, 0.1) is 0 Å². The Balaban J connectivity index is 3.58. The topological polar surface area (TPSA) is 29.1 Å². The minimum Gasteiger partial charge on any atom is -0.324 e. The van der Waals surface area contributed by atoms with Crippen LogP contribution in [-0.4, -0.2) is 18.3 Å². The molecule has 0 unspecified atom stereocenters. The van der Waals surface area contributed by atoms with E-state index in [0.717, 1.165) is 6.92 Å². The second-order valence-corrected chi connectivity index (χ2v) is 4.96.